The second-order valence-corrected chi connectivity index (χ2v) is 36.7. The van der Waals surface area contributed by atoms with Crippen LogP contribution >= 0.6 is 45.3 Å². The Morgan fingerprint density at radius 2 is 0.540 bits per heavy atom. The van der Waals surface area contributed by atoms with Gasteiger partial charge in [0.25, 0.3) is 0 Å². The molecule has 24 heteroatoms. The number of unbranched alkanes of at least 4 members (excludes halogenated alkanes) is 6. The summed E-state index contributed by atoms with van der Waals surface area (Å²) in [5, 5.41) is 40.0. The van der Waals surface area contributed by atoms with Crippen LogP contribution in [0.1, 0.15) is 126 Å². The molecule has 646 valence electrons. The van der Waals surface area contributed by atoms with Crippen molar-refractivity contribution in [1.29, 1.82) is 0 Å². The molecule has 0 spiro atoms. The summed E-state index contributed by atoms with van der Waals surface area (Å²) >= 11 is 6.73. The zero-order valence-electron chi connectivity index (χ0n) is 70.7. The zero-order chi connectivity index (χ0) is 86.1. The number of hydrogen-bond acceptors (Lipinski definition) is 20. The SMILES string of the molecule is CCCCCCOc1ccc(-c2cnc(-c3ccc(CN4CC(C(=O)O)C4)cc3)s2)cc1.CCCCCOc1ccc(-c2cnc(-c3ccc(CN4CC(C(=O)O)C4)cc3)s2)cc1.CCCCOc1ccc(-c2cnc(-c3ccc(CN4CC(C(=O)O)C4)cc3)s2)cc1.O=C(O)C1CN(Cc2ccc(-c3ncc(-c4ccc(OC5CCCC5)cc4)s3)cc2)C1. The Balaban J connectivity index is 0.000000135. The number of carboxylic acid groups (broad SMARTS) is 4. The van der Waals surface area contributed by atoms with Crippen molar-refractivity contribution in [3.8, 4) is 107 Å². The molecular formula is C100H110N8O12S4. The van der Waals surface area contributed by atoms with E-state index in [0.717, 1.165) is 179 Å². The van der Waals surface area contributed by atoms with Crippen molar-refractivity contribution in [3.63, 3.8) is 0 Å². The molecule has 5 fully saturated rings. The predicted octanol–water partition coefficient (Wildman–Crippen LogP) is 22.0. The van der Waals surface area contributed by atoms with Gasteiger partial charge in [-0.3, -0.25) is 38.8 Å². The Hall–Kier alpha value is -10.8. The molecule has 1 aliphatic carbocycles. The van der Waals surface area contributed by atoms with Crippen LogP contribution in [0, 0.1) is 23.7 Å². The van der Waals surface area contributed by atoms with Crippen LogP contribution in [0.5, 0.6) is 23.0 Å². The van der Waals surface area contributed by atoms with Crippen LogP contribution in [0.15, 0.2) is 219 Å². The molecule has 4 N–H and O–H groups in total. The summed E-state index contributed by atoms with van der Waals surface area (Å²) in [6.45, 7) is 17.1. The lowest BCUT2D eigenvalue weighted by molar-refractivity contribution is -0.148. The maximum atomic E-state index is 10.9. The average Bonchev–Trinajstić information content (AvgIpc) is 1.24. The van der Waals surface area contributed by atoms with Crippen LogP contribution in [0.3, 0.4) is 0 Å². The van der Waals surface area contributed by atoms with Gasteiger partial charge in [-0.25, -0.2) is 19.9 Å². The molecule has 5 aliphatic rings. The van der Waals surface area contributed by atoms with Crippen LogP contribution in [0.2, 0.25) is 0 Å². The van der Waals surface area contributed by atoms with E-state index < -0.39 is 23.9 Å². The molecule has 12 aromatic rings. The second kappa shape index (κ2) is 44.7. The van der Waals surface area contributed by atoms with E-state index in [1.165, 1.54) is 80.0 Å². The highest BCUT2D eigenvalue weighted by atomic mass is 32.1. The molecule has 4 aromatic heterocycles. The van der Waals surface area contributed by atoms with E-state index in [-0.39, 0.29) is 23.7 Å². The number of carboxylic acids is 4. The van der Waals surface area contributed by atoms with E-state index in [9.17, 15) is 19.2 Å². The third-order valence-electron chi connectivity index (χ3n) is 22.9. The second-order valence-electron chi connectivity index (χ2n) is 32.6. The molecule has 17 rings (SSSR count). The fourth-order valence-corrected chi connectivity index (χ4v) is 19.0. The Bertz CT molecular complexity index is 5340. The number of likely N-dealkylation sites (tertiary alicyclic amines) is 4. The van der Waals surface area contributed by atoms with Crippen molar-refractivity contribution in [2.24, 2.45) is 23.7 Å². The monoisotopic (exact) mass is 1740 g/mol. The lowest BCUT2D eigenvalue weighted by atomic mass is 9.99. The van der Waals surface area contributed by atoms with Gasteiger partial charge in [0, 0.05) is 126 Å². The van der Waals surface area contributed by atoms with Crippen molar-refractivity contribution in [2.75, 3.05) is 72.2 Å². The zero-order valence-corrected chi connectivity index (χ0v) is 74.0. The van der Waals surface area contributed by atoms with Gasteiger partial charge in [-0.05, 0) is 187 Å². The van der Waals surface area contributed by atoms with Crippen LogP contribution in [0.4, 0.5) is 0 Å². The lowest BCUT2D eigenvalue weighted by Crippen LogP contribution is -2.49. The molecule has 124 heavy (non-hydrogen) atoms. The number of hydrogen-bond donors (Lipinski definition) is 4. The maximum absolute atomic E-state index is 10.9. The quantitative estimate of drug-likeness (QED) is 0.0264. The first-order valence-electron chi connectivity index (χ1n) is 43.5. The highest BCUT2D eigenvalue weighted by molar-refractivity contribution is 7.19. The lowest BCUT2D eigenvalue weighted by Gasteiger charge is -2.36. The molecule has 8 aromatic carbocycles. The summed E-state index contributed by atoms with van der Waals surface area (Å²) in [4.78, 5) is 75.4. The number of aliphatic carboxylic acids is 4. The molecule has 4 aliphatic heterocycles. The molecule has 0 unspecified atom stereocenters. The van der Waals surface area contributed by atoms with Crippen LogP contribution in [-0.2, 0) is 45.4 Å². The van der Waals surface area contributed by atoms with E-state index in [1.54, 1.807) is 45.3 Å². The van der Waals surface area contributed by atoms with Crippen LogP contribution < -0.4 is 18.9 Å². The summed E-state index contributed by atoms with van der Waals surface area (Å²) in [7, 11) is 0. The Kier molecular flexibility index (Phi) is 32.2. The van der Waals surface area contributed by atoms with Gasteiger partial charge < -0.3 is 39.4 Å². The van der Waals surface area contributed by atoms with Gasteiger partial charge in [-0.15, -0.1) is 45.3 Å². The summed E-state index contributed by atoms with van der Waals surface area (Å²) < 4.78 is 23.4. The topological polar surface area (TPSA) is 251 Å². The van der Waals surface area contributed by atoms with Crippen molar-refractivity contribution in [2.45, 2.75) is 137 Å². The van der Waals surface area contributed by atoms with E-state index in [2.05, 4.69) is 218 Å². The van der Waals surface area contributed by atoms with Crippen LogP contribution in [-0.4, -0.2) is 162 Å². The number of nitrogens with zero attached hydrogens (tertiary/aromatic N) is 8. The number of thiazole rings is 4. The fraction of sp³-hybridized carbons (Fsp3) is 0.360. The third-order valence-corrected chi connectivity index (χ3v) is 27.3. The van der Waals surface area contributed by atoms with Gasteiger partial charge in [0.1, 0.15) is 43.0 Å². The normalized spacial score (nSPS) is 15.2. The Labute approximate surface area is 742 Å². The van der Waals surface area contributed by atoms with Gasteiger partial charge in [0.05, 0.1) is 69.1 Å². The number of ether oxygens (including phenoxy) is 4. The number of aromatic nitrogens is 4. The highest BCUT2D eigenvalue weighted by Crippen LogP contribution is 2.39. The highest BCUT2D eigenvalue weighted by Gasteiger charge is 2.35. The standard InChI is InChI=1S/C26H30N2O3S.C25H26N2O3S.C25H28N2O3S.C24H26N2O3S/c1-2-3-4-5-14-31-23-12-10-20(11-13-23)24-15-27-25(32-24)21-8-6-19(7-9-21)16-28-17-22(18-28)26(29)30;28-25(29)20-15-27(16-20)14-17-5-7-19(8-6-17)24-26-13-23(31-24)18-9-11-22(12-10-18)30-21-3-1-2-4-21;1-2-3-4-13-30-22-11-9-19(10-12-22)23-14-26-24(31-23)20-7-5-18(6-8-20)15-27-16-21(17-27)25(28)29;1-2-3-12-29-21-10-8-18(9-11-21)22-13-25-23(30-22)19-6-4-17(5-7-19)14-26-15-20(16-26)24(27)28/h6-13,15,22H,2-5,14,16-18H2,1H3,(H,29,30);5-13,20-21H,1-4,14-16H2,(H,28,29);5-12,14,21H,2-4,13,15-17H2,1H3,(H,28,29);4-11,13,20H,2-3,12,14-16H2,1H3,(H,27,28). The summed E-state index contributed by atoms with van der Waals surface area (Å²) in [5.41, 5.74) is 13.8. The largest absolute Gasteiger partial charge is 0.494 e. The minimum absolute atomic E-state index is 0.212. The van der Waals surface area contributed by atoms with Crippen LogP contribution in [0.25, 0.3) is 84.0 Å². The molecular weight excluding hydrogens is 1630 g/mol. The smallest absolute Gasteiger partial charge is 0.309 e. The first-order chi connectivity index (χ1) is 60.5. The van der Waals surface area contributed by atoms with E-state index in [1.807, 2.05) is 61.2 Å². The van der Waals surface area contributed by atoms with E-state index >= 15 is 0 Å². The molecule has 8 heterocycles. The first-order valence-corrected chi connectivity index (χ1v) is 46.7. The summed E-state index contributed by atoms with van der Waals surface area (Å²) in [5.74, 6) is 0.0651. The average molecular weight is 1740 g/mol. The third kappa shape index (κ3) is 25.5. The minimum Gasteiger partial charge on any atom is -0.494 e. The van der Waals surface area contributed by atoms with E-state index in [4.69, 9.17) is 39.4 Å². The molecule has 0 atom stereocenters. The molecule has 1 saturated carbocycles. The van der Waals surface area contributed by atoms with Crippen molar-refractivity contribution < 1.29 is 58.6 Å². The minimum atomic E-state index is -0.695. The molecule has 4 saturated heterocycles. The number of rotatable bonds is 37. The van der Waals surface area contributed by atoms with Gasteiger partial charge in [0.2, 0.25) is 0 Å². The first kappa shape index (κ1) is 89.5. The fourth-order valence-electron chi connectivity index (χ4n) is 15.3. The van der Waals surface area contributed by atoms with Crippen molar-refractivity contribution in [1.82, 2.24) is 39.5 Å². The number of benzene rings is 8. The molecule has 0 radical (unpaired) electrons. The van der Waals surface area contributed by atoms with E-state index in [0.29, 0.717) is 58.5 Å². The van der Waals surface area contributed by atoms with Crippen molar-refractivity contribution >= 4 is 69.2 Å². The summed E-state index contributed by atoms with van der Waals surface area (Å²) in [6.07, 6.45) is 23.5. The predicted molar refractivity (Wildman–Crippen MR) is 495 cm³/mol. The molecule has 0 bridgehead atoms. The van der Waals surface area contributed by atoms with Gasteiger partial charge in [-0.1, -0.05) is 156 Å². The molecule has 0 amide bonds. The van der Waals surface area contributed by atoms with Gasteiger partial charge >= 0.3 is 23.9 Å². The maximum Gasteiger partial charge on any atom is 0.309 e. The van der Waals surface area contributed by atoms with Gasteiger partial charge in [-0.2, -0.15) is 0 Å². The Morgan fingerprint density at radius 3 is 0.798 bits per heavy atom. The van der Waals surface area contributed by atoms with Gasteiger partial charge in [0.15, 0.2) is 0 Å². The van der Waals surface area contributed by atoms with Crippen molar-refractivity contribution in [3.05, 3.63) is 241 Å². The Morgan fingerprint density at radius 1 is 0.306 bits per heavy atom. The number of carbonyl (C=O) groups is 4. The molecule has 20 nitrogen and oxygen atoms in total. The summed E-state index contributed by atoms with van der Waals surface area (Å²) in [6, 6.07) is 66.7.